The summed E-state index contributed by atoms with van der Waals surface area (Å²) in [5.41, 5.74) is 3.19. The molecule has 2 aliphatic heterocycles. The highest BCUT2D eigenvalue weighted by molar-refractivity contribution is 5.91. The fourth-order valence-corrected chi connectivity index (χ4v) is 5.44. The molecule has 2 aliphatic rings. The minimum absolute atomic E-state index is 0.0967. The Morgan fingerprint density at radius 2 is 2.00 bits per heavy atom. The summed E-state index contributed by atoms with van der Waals surface area (Å²) in [6.45, 7) is 3.08. The number of H-pyrrole nitrogens is 1. The van der Waals surface area contributed by atoms with Crippen LogP contribution >= 0.6 is 0 Å². The molecular formula is C27H30N8O4. The van der Waals surface area contributed by atoms with Gasteiger partial charge in [-0.25, -0.2) is 19.7 Å². The Bertz CT molecular complexity index is 1490. The van der Waals surface area contributed by atoms with Crippen LogP contribution in [0.15, 0.2) is 49.1 Å². The molecule has 2 amide bonds. The largest absolute Gasteiger partial charge is 0.482 e. The van der Waals surface area contributed by atoms with Gasteiger partial charge in [-0.1, -0.05) is 18.2 Å². The van der Waals surface area contributed by atoms with E-state index in [2.05, 4.69) is 59.7 Å². The number of hydrogen-bond donors (Lipinski definition) is 4. The molecule has 6 rings (SSSR count). The van der Waals surface area contributed by atoms with Crippen LogP contribution in [0.2, 0.25) is 0 Å². The number of benzene rings is 2. The number of piperazine rings is 1. The fourth-order valence-electron chi connectivity index (χ4n) is 5.44. The van der Waals surface area contributed by atoms with Gasteiger partial charge in [0.05, 0.1) is 12.4 Å². The lowest BCUT2D eigenvalue weighted by Crippen LogP contribution is -2.51. The van der Waals surface area contributed by atoms with Crippen molar-refractivity contribution < 1.29 is 19.4 Å². The van der Waals surface area contributed by atoms with E-state index >= 15 is 0 Å². The van der Waals surface area contributed by atoms with E-state index in [-0.39, 0.29) is 24.6 Å². The number of imidazole rings is 1. The molecule has 2 saturated heterocycles. The molecule has 4 aromatic rings. The van der Waals surface area contributed by atoms with Crippen LogP contribution in [0, 0.1) is 0 Å². The van der Waals surface area contributed by atoms with Crippen molar-refractivity contribution >= 4 is 39.6 Å². The van der Waals surface area contributed by atoms with E-state index in [0.717, 1.165) is 47.3 Å². The minimum atomic E-state index is -1.20. The summed E-state index contributed by atoms with van der Waals surface area (Å²) >= 11 is 0. The molecule has 0 radical (unpaired) electrons. The third-order valence-electron chi connectivity index (χ3n) is 7.45. The molecule has 0 bridgehead atoms. The average Bonchev–Trinajstić information content (AvgIpc) is 3.67. The van der Waals surface area contributed by atoms with Gasteiger partial charge in [-0.3, -0.25) is 4.79 Å². The number of aromatic amines is 1. The number of nitrogens with zero attached hydrogens (tertiary/aromatic N) is 5. The van der Waals surface area contributed by atoms with Crippen LogP contribution < -0.4 is 20.3 Å². The predicted octanol–water partition coefficient (Wildman–Crippen LogP) is 2.29. The molecule has 202 valence electrons. The second-order valence-electron chi connectivity index (χ2n) is 9.79. The van der Waals surface area contributed by atoms with E-state index in [1.165, 1.54) is 0 Å². The lowest BCUT2D eigenvalue weighted by Gasteiger charge is -2.36. The van der Waals surface area contributed by atoms with Crippen molar-refractivity contribution in [3.8, 4) is 5.75 Å². The monoisotopic (exact) mass is 530 g/mol. The topological polar surface area (TPSA) is 149 Å². The van der Waals surface area contributed by atoms with Crippen molar-refractivity contribution in [3.05, 3.63) is 54.7 Å². The number of aromatic nitrogens is 4. The Morgan fingerprint density at radius 1 is 1.13 bits per heavy atom. The highest BCUT2D eigenvalue weighted by Gasteiger charge is 2.32. The van der Waals surface area contributed by atoms with Gasteiger partial charge in [0.25, 0.3) is 0 Å². The highest BCUT2D eigenvalue weighted by Crippen LogP contribution is 2.36. The number of carboxylic acid groups (broad SMARTS) is 1. The zero-order valence-electron chi connectivity index (χ0n) is 21.3. The van der Waals surface area contributed by atoms with Crippen molar-refractivity contribution in [1.29, 1.82) is 0 Å². The molecule has 2 aromatic carbocycles. The van der Waals surface area contributed by atoms with Gasteiger partial charge in [0.15, 0.2) is 11.8 Å². The van der Waals surface area contributed by atoms with Crippen molar-refractivity contribution in [2.45, 2.75) is 25.0 Å². The molecule has 0 saturated carbocycles. The van der Waals surface area contributed by atoms with Gasteiger partial charge in [-0.05, 0) is 43.0 Å². The van der Waals surface area contributed by atoms with Crippen LogP contribution in [0.5, 0.6) is 5.75 Å². The van der Waals surface area contributed by atoms with Gasteiger partial charge >= 0.3 is 6.09 Å². The Hall–Kier alpha value is -4.45. The summed E-state index contributed by atoms with van der Waals surface area (Å²) in [7, 11) is 0. The molecule has 12 heteroatoms. The molecular weight excluding hydrogens is 500 g/mol. The predicted molar refractivity (Wildman–Crippen MR) is 145 cm³/mol. The van der Waals surface area contributed by atoms with Crippen LogP contribution in [0.4, 0.5) is 10.5 Å². The smallest absolute Gasteiger partial charge is 0.405 e. The zero-order chi connectivity index (χ0) is 26.8. The van der Waals surface area contributed by atoms with Crippen LogP contribution in [0.25, 0.3) is 21.9 Å². The minimum Gasteiger partial charge on any atom is -0.482 e. The SMILES string of the molecule is O=C(O)NCC(=O)N1CCN(c2ccc3cccc(O[C@@H](c4ncnc5[nH]cnc45)C4CCCN4)c3c2)CC1. The number of carbonyl (C=O) groups excluding carboxylic acids is 1. The third-order valence-corrected chi connectivity index (χ3v) is 7.45. The Labute approximate surface area is 224 Å². The molecule has 2 atom stereocenters. The fraction of sp³-hybridized carbons (Fsp3) is 0.370. The number of anilines is 1. The Morgan fingerprint density at radius 3 is 2.79 bits per heavy atom. The second-order valence-corrected chi connectivity index (χ2v) is 9.79. The number of ether oxygens (including phenoxy) is 1. The van der Waals surface area contributed by atoms with Gasteiger partial charge in [0.1, 0.15) is 29.8 Å². The summed E-state index contributed by atoms with van der Waals surface area (Å²) in [4.78, 5) is 43.4. The first-order valence-corrected chi connectivity index (χ1v) is 13.1. The van der Waals surface area contributed by atoms with E-state index in [1.54, 1.807) is 17.6 Å². The first-order valence-electron chi connectivity index (χ1n) is 13.1. The summed E-state index contributed by atoms with van der Waals surface area (Å²) < 4.78 is 6.78. The van der Waals surface area contributed by atoms with E-state index in [0.29, 0.717) is 37.3 Å². The molecule has 0 aliphatic carbocycles. The number of amides is 2. The maximum atomic E-state index is 12.3. The van der Waals surface area contributed by atoms with E-state index in [9.17, 15) is 9.59 Å². The van der Waals surface area contributed by atoms with Crippen LogP contribution in [0.1, 0.15) is 24.6 Å². The van der Waals surface area contributed by atoms with Gasteiger partial charge < -0.3 is 35.3 Å². The number of hydrogen-bond acceptors (Lipinski definition) is 8. The van der Waals surface area contributed by atoms with Crippen molar-refractivity contribution in [2.24, 2.45) is 0 Å². The maximum absolute atomic E-state index is 12.3. The zero-order valence-corrected chi connectivity index (χ0v) is 21.3. The Balaban J connectivity index is 1.25. The van der Waals surface area contributed by atoms with Gasteiger partial charge in [-0.2, -0.15) is 0 Å². The third kappa shape index (κ3) is 5.15. The number of rotatable bonds is 7. The Kier molecular flexibility index (Phi) is 6.84. The quantitative estimate of drug-likeness (QED) is 0.282. The van der Waals surface area contributed by atoms with Gasteiger partial charge in [0, 0.05) is 37.3 Å². The van der Waals surface area contributed by atoms with Gasteiger partial charge in [0.2, 0.25) is 5.91 Å². The molecule has 0 spiro atoms. The molecule has 1 unspecified atom stereocenters. The normalized spacial score (nSPS) is 18.4. The summed E-state index contributed by atoms with van der Waals surface area (Å²) in [5.74, 6) is 0.553. The maximum Gasteiger partial charge on any atom is 0.405 e. The van der Waals surface area contributed by atoms with Gasteiger partial charge in [-0.15, -0.1) is 0 Å². The standard InChI is InChI=1S/C27H30N8O4/c36-22(14-29-27(37)38)35-11-9-34(10-12-35)18-7-6-17-3-1-5-21(19(17)13-18)39-25(20-4-2-8-28-20)23-24-26(32-15-30-23)33-16-31-24/h1,3,5-7,13,15-16,20,25,28-29H,2,4,8-12,14H2,(H,37,38)(H,30,31,32,33)/t20?,25-/m1/s1. The first-order chi connectivity index (χ1) is 19.1. The lowest BCUT2D eigenvalue weighted by atomic mass is 10.0. The van der Waals surface area contributed by atoms with Crippen molar-refractivity contribution in [1.82, 2.24) is 35.5 Å². The molecule has 12 nitrogen and oxygen atoms in total. The number of nitrogens with one attached hydrogen (secondary N) is 3. The van der Waals surface area contributed by atoms with Crippen molar-refractivity contribution in [3.63, 3.8) is 0 Å². The molecule has 4 N–H and O–H groups in total. The molecule has 39 heavy (non-hydrogen) atoms. The molecule has 2 aromatic heterocycles. The van der Waals surface area contributed by atoms with Crippen LogP contribution in [-0.2, 0) is 4.79 Å². The van der Waals surface area contributed by atoms with E-state index in [4.69, 9.17) is 9.84 Å². The van der Waals surface area contributed by atoms with E-state index < -0.39 is 6.09 Å². The van der Waals surface area contributed by atoms with Crippen LogP contribution in [0.3, 0.4) is 0 Å². The highest BCUT2D eigenvalue weighted by atomic mass is 16.5. The summed E-state index contributed by atoms with van der Waals surface area (Å²) in [5, 5.41) is 16.5. The molecule has 2 fully saturated rings. The average molecular weight is 531 g/mol. The lowest BCUT2D eigenvalue weighted by molar-refractivity contribution is -0.130. The summed E-state index contributed by atoms with van der Waals surface area (Å²) in [6.07, 6.45) is 3.67. The second kappa shape index (κ2) is 10.7. The van der Waals surface area contributed by atoms with Crippen molar-refractivity contribution in [2.75, 3.05) is 44.2 Å². The summed E-state index contributed by atoms with van der Waals surface area (Å²) in [6, 6.07) is 12.5. The van der Waals surface area contributed by atoms with E-state index in [1.807, 2.05) is 12.1 Å². The number of fused-ring (bicyclic) bond motifs is 2. The molecule has 4 heterocycles. The number of carbonyl (C=O) groups is 2. The first kappa shape index (κ1) is 24.9. The van der Waals surface area contributed by atoms with Crippen LogP contribution in [-0.4, -0.2) is 87.3 Å².